The minimum atomic E-state index is -0.868. The summed E-state index contributed by atoms with van der Waals surface area (Å²) in [6.07, 6.45) is 2.34. The lowest BCUT2D eigenvalue weighted by molar-refractivity contribution is -0.135. The first kappa shape index (κ1) is 17.4. The molecule has 0 atom stereocenters. The maximum absolute atomic E-state index is 10.7. The summed E-state index contributed by atoms with van der Waals surface area (Å²) in [6.45, 7) is 6.78. The molecule has 116 valence electrons. The average Bonchev–Trinajstić information content (AvgIpc) is 2.43. The Morgan fingerprint density at radius 1 is 1.19 bits per heavy atom. The van der Waals surface area contributed by atoms with Crippen molar-refractivity contribution < 1.29 is 19.4 Å². The molecule has 21 heavy (non-hydrogen) atoms. The van der Waals surface area contributed by atoms with E-state index in [4.69, 9.17) is 26.2 Å². The van der Waals surface area contributed by atoms with Crippen LogP contribution in [0.4, 0.5) is 0 Å². The fourth-order valence-electron chi connectivity index (χ4n) is 1.97. The van der Waals surface area contributed by atoms with Crippen molar-refractivity contribution in [1.82, 2.24) is 0 Å². The molecule has 0 unspecified atom stereocenters. The van der Waals surface area contributed by atoms with E-state index in [1.807, 2.05) is 26.8 Å². The second-order valence-electron chi connectivity index (χ2n) is 4.33. The van der Waals surface area contributed by atoms with Crippen molar-refractivity contribution in [3.63, 3.8) is 0 Å². The standard InChI is InChI=1S/C16H21ClO4/c1-4-11(7-8-16(18)19)12-9-14(20-5-2)15(21-6-3)10-13(12)17/h7,9-10H,4-6,8H2,1-3H3,(H,18,19)/b11-7+. The Labute approximate surface area is 130 Å². The molecule has 0 aliphatic heterocycles. The second-order valence-corrected chi connectivity index (χ2v) is 4.73. The lowest BCUT2D eigenvalue weighted by atomic mass is 10.0. The lowest BCUT2D eigenvalue weighted by Crippen LogP contribution is -2.00. The molecule has 1 rings (SSSR count). The van der Waals surface area contributed by atoms with Gasteiger partial charge in [-0.1, -0.05) is 24.6 Å². The summed E-state index contributed by atoms with van der Waals surface area (Å²) >= 11 is 6.30. The smallest absolute Gasteiger partial charge is 0.307 e. The summed E-state index contributed by atoms with van der Waals surface area (Å²) in [5.41, 5.74) is 1.67. The number of carbonyl (C=O) groups is 1. The van der Waals surface area contributed by atoms with Crippen LogP contribution in [0.25, 0.3) is 5.57 Å². The Bertz CT molecular complexity index is 523. The molecule has 0 spiro atoms. The van der Waals surface area contributed by atoms with Crippen LogP contribution in [0, 0.1) is 0 Å². The highest BCUT2D eigenvalue weighted by atomic mass is 35.5. The van der Waals surface area contributed by atoms with Crippen LogP contribution in [-0.4, -0.2) is 24.3 Å². The zero-order chi connectivity index (χ0) is 15.8. The largest absolute Gasteiger partial charge is 0.490 e. The van der Waals surface area contributed by atoms with E-state index in [-0.39, 0.29) is 6.42 Å². The monoisotopic (exact) mass is 312 g/mol. The van der Waals surface area contributed by atoms with Gasteiger partial charge in [0.1, 0.15) is 0 Å². The van der Waals surface area contributed by atoms with E-state index in [0.29, 0.717) is 36.2 Å². The molecule has 1 N–H and O–H groups in total. The predicted molar refractivity (Wildman–Crippen MR) is 84.3 cm³/mol. The molecular weight excluding hydrogens is 292 g/mol. The van der Waals surface area contributed by atoms with Crippen LogP contribution in [0.5, 0.6) is 11.5 Å². The Kier molecular flexibility index (Phi) is 7.09. The van der Waals surface area contributed by atoms with E-state index in [1.165, 1.54) is 0 Å². The number of allylic oxidation sites excluding steroid dienone is 1. The van der Waals surface area contributed by atoms with E-state index in [1.54, 1.807) is 12.1 Å². The van der Waals surface area contributed by atoms with Gasteiger partial charge in [0, 0.05) is 6.07 Å². The van der Waals surface area contributed by atoms with Crippen molar-refractivity contribution in [2.75, 3.05) is 13.2 Å². The Morgan fingerprint density at radius 2 is 1.76 bits per heavy atom. The molecule has 0 radical (unpaired) electrons. The summed E-state index contributed by atoms with van der Waals surface area (Å²) < 4.78 is 11.1. The van der Waals surface area contributed by atoms with Crippen LogP contribution in [0.2, 0.25) is 5.02 Å². The molecule has 0 amide bonds. The van der Waals surface area contributed by atoms with Crippen molar-refractivity contribution >= 4 is 23.1 Å². The number of carboxylic acids is 1. The van der Waals surface area contributed by atoms with E-state index in [0.717, 1.165) is 11.1 Å². The normalized spacial score (nSPS) is 11.3. The van der Waals surface area contributed by atoms with E-state index >= 15 is 0 Å². The molecule has 0 aliphatic rings. The van der Waals surface area contributed by atoms with Gasteiger partial charge < -0.3 is 14.6 Å². The Hall–Kier alpha value is -1.68. The van der Waals surface area contributed by atoms with Crippen molar-refractivity contribution in [3.05, 3.63) is 28.8 Å². The third-order valence-electron chi connectivity index (χ3n) is 2.88. The molecule has 0 saturated carbocycles. The summed E-state index contributed by atoms with van der Waals surface area (Å²) in [7, 11) is 0. The van der Waals surface area contributed by atoms with E-state index in [2.05, 4.69) is 0 Å². The number of ether oxygens (including phenoxy) is 2. The average molecular weight is 313 g/mol. The lowest BCUT2D eigenvalue weighted by Gasteiger charge is -2.15. The van der Waals surface area contributed by atoms with Crippen LogP contribution >= 0.6 is 11.6 Å². The molecule has 0 aromatic heterocycles. The van der Waals surface area contributed by atoms with Gasteiger partial charge in [-0.15, -0.1) is 0 Å². The first-order valence-corrected chi connectivity index (χ1v) is 7.41. The van der Waals surface area contributed by atoms with Gasteiger partial charge in [-0.3, -0.25) is 4.79 Å². The van der Waals surface area contributed by atoms with Crippen LogP contribution in [0.1, 0.15) is 39.2 Å². The summed E-state index contributed by atoms with van der Waals surface area (Å²) in [5, 5.41) is 9.33. The molecule has 5 heteroatoms. The second kappa shape index (κ2) is 8.57. The van der Waals surface area contributed by atoms with E-state index in [9.17, 15) is 4.79 Å². The SMILES string of the molecule is CCOc1cc(Cl)c(/C(=C/CC(=O)O)CC)cc1OCC. The molecule has 0 fully saturated rings. The molecule has 0 saturated heterocycles. The third kappa shape index (κ3) is 4.97. The summed E-state index contributed by atoms with van der Waals surface area (Å²) in [4.78, 5) is 10.7. The molecule has 0 heterocycles. The highest BCUT2D eigenvalue weighted by molar-refractivity contribution is 6.32. The topological polar surface area (TPSA) is 55.8 Å². The quantitative estimate of drug-likeness (QED) is 0.772. The molecule has 1 aromatic rings. The fraction of sp³-hybridized carbons (Fsp3) is 0.438. The van der Waals surface area contributed by atoms with Crippen LogP contribution in [0.3, 0.4) is 0 Å². The minimum absolute atomic E-state index is 0.0311. The Balaban J connectivity index is 3.24. The first-order chi connectivity index (χ1) is 10.0. The zero-order valence-electron chi connectivity index (χ0n) is 12.6. The van der Waals surface area contributed by atoms with Crippen LogP contribution in [0.15, 0.2) is 18.2 Å². The van der Waals surface area contributed by atoms with Crippen LogP contribution in [-0.2, 0) is 4.79 Å². The number of halogens is 1. The first-order valence-electron chi connectivity index (χ1n) is 7.03. The van der Waals surface area contributed by atoms with Crippen LogP contribution < -0.4 is 9.47 Å². The number of hydrogen-bond donors (Lipinski definition) is 1. The Morgan fingerprint density at radius 3 is 2.24 bits per heavy atom. The fourth-order valence-corrected chi connectivity index (χ4v) is 2.25. The van der Waals surface area contributed by atoms with Gasteiger partial charge in [0.15, 0.2) is 11.5 Å². The number of benzene rings is 1. The number of rotatable bonds is 8. The highest BCUT2D eigenvalue weighted by Crippen LogP contribution is 2.37. The van der Waals surface area contributed by atoms with Gasteiger partial charge in [-0.05, 0) is 37.5 Å². The summed E-state index contributed by atoms with van der Waals surface area (Å²) in [5.74, 6) is 0.350. The molecule has 0 bridgehead atoms. The maximum atomic E-state index is 10.7. The van der Waals surface area contributed by atoms with Gasteiger partial charge in [-0.25, -0.2) is 0 Å². The molecule has 4 nitrogen and oxygen atoms in total. The van der Waals surface area contributed by atoms with E-state index < -0.39 is 5.97 Å². The number of aliphatic carboxylic acids is 1. The zero-order valence-corrected chi connectivity index (χ0v) is 13.4. The van der Waals surface area contributed by atoms with Crippen molar-refractivity contribution in [3.8, 4) is 11.5 Å². The van der Waals surface area contributed by atoms with Gasteiger partial charge in [0.05, 0.1) is 24.7 Å². The maximum Gasteiger partial charge on any atom is 0.307 e. The molecular formula is C16H21ClO4. The highest BCUT2D eigenvalue weighted by Gasteiger charge is 2.13. The van der Waals surface area contributed by atoms with Gasteiger partial charge in [0.25, 0.3) is 0 Å². The minimum Gasteiger partial charge on any atom is -0.490 e. The van der Waals surface area contributed by atoms with Crippen molar-refractivity contribution in [2.45, 2.75) is 33.6 Å². The number of hydrogen-bond acceptors (Lipinski definition) is 3. The molecule has 0 aliphatic carbocycles. The van der Waals surface area contributed by atoms with Gasteiger partial charge >= 0.3 is 5.97 Å². The number of carboxylic acid groups (broad SMARTS) is 1. The summed E-state index contributed by atoms with van der Waals surface area (Å²) in [6, 6.07) is 3.53. The predicted octanol–water partition coefficient (Wildman–Crippen LogP) is 4.41. The van der Waals surface area contributed by atoms with Crippen molar-refractivity contribution in [2.24, 2.45) is 0 Å². The molecule has 1 aromatic carbocycles. The van der Waals surface area contributed by atoms with Crippen molar-refractivity contribution in [1.29, 1.82) is 0 Å². The van der Waals surface area contributed by atoms with Gasteiger partial charge in [0.2, 0.25) is 0 Å². The third-order valence-corrected chi connectivity index (χ3v) is 3.20. The van der Waals surface area contributed by atoms with Gasteiger partial charge in [-0.2, -0.15) is 0 Å².